The van der Waals surface area contributed by atoms with Crippen LogP contribution in [0.25, 0.3) is 0 Å². The maximum Gasteiger partial charge on any atom is 0.309 e. The van der Waals surface area contributed by atoms with Crippen molar-refractivity contribution in [3.05, 3.63) is 108 Å². The Labute approximate surface area is 229 Å². The Kier molecular flexibility index (Phi) is 8.31. The standard InChI is InChI=1S/C33H42O4Si/c1-24-25(2)31(34)36-29(30(24)37-38(6,7)32(3,4)5)23-35-33(26-17-11-8-12-18-26,27-19-13-9-14-20-27)28-21-15-10-16-22-28/h8-22,24-25,29-30H,23H2,1-7H3/t24-,25-,29+,30+/m0/s1. The third kappa shape index (κ3) is 5.51. The number of esters is 1. The number of rotatable bonds is 8. The first-order valence-corrected chi connectivity index (χ1v) is 16.6. The van der Waals surface area contributed by atoms with Crippen molar-refractivity contribution in [2.75, 3.05) is 6.61 Å². The zero-order chi connectivity index (χ0) is 27.6. The van der Waals surface area contributed by atoms with Crippen molar-refractivity contribution in [3.8, 4) is 0 Å². The van der Waals surface area contributed by atoms with Crippen LogP contribution >= 0.6 is 0 Å². The van der Waals surface area contributed by atoms with Crippen molar-refractivity contribution in [3.63, 3.8) is 0 Å². The van der Waals surface area contributed by atoms with Crippen LogP contribution in [0.1, 0.15) is 51.3 Å². The first kappa shape index (κ1) is 28.3. The third-order valence-corrected chi connectivity index (χ3v) is 13.0. The number of cyclic esters (lactones) is 1. The predicted molar refractivity (Wildman–Crippen MR) is 155 cm³/mol. The van der Waals surface area contributed by atoms with Crippen molar-refractivity contribution < 1.29 is 18.7 Å². The number of benzene rings is 3. The van der Waals surface area contributed by atoms with E-state index in [1.165, 1.54) is 0 Å². The van der Waals surface area contributed by atoms with Gasteiger partial charge in [0, 0.05) is 0 Å². The number of carbonyl (C=O) groups is 1. The summed E-state index contributed by atoms with van der Waals surface area (Å²) in [6.07, 6.45) is -0.762. The second-order valence-corrected chi connectivity index (χ2v) is 16.8. The van der Waals surface area contributed by atoms with Crippen molar-refractivity contribution in [1.29, 1.82) is 0 Å². The first-order chi connectivity index (χ1) is 18.0. The summed E-state index contributed by atoms with van der Waals surface area (Å²) >= 11 is 0. The number of carbonyl (C=O) groups excluding carboxylic acids is 1. The van der Waals surface area contributed by atoms with Gasteiger partial charge in [0.2, 0.25) is 0 Å². The smallest absolute Gasteiger partial charge is 0.309 e. The summed E-state index contributed by atoms with van der Waals surface area (Å²) in [4.78, 5) is 12.9. The van der Waals surface area contributed by atoms with Crippen LogP contribution < -0.4 is 0 Å². The summed E-state index contributed by atoms with van der Waals surface area (Å²) < 4.78 is 20.1. The summed E-state index contributed by atoms with van der Waals surface area (Å²) in [7, 11) is -2.14. The molecule has 4 nitrogen and oxygen atoms in total. The maximum atomic E-state index is 12.9. The van der Waals surface area contributed by atoms with E-state index in [0.717, 1.165) is 16.7 Å². The van der Waals surface area contributed by atoms with Gasteiger partial charge in [-0.2, -0.15) is 0 Å². The Balaban J connectivity index is 1.78. The van der Waals surface area contributed by atoms with Crippen molar-refractivity contribution >= 4 is 14.3 Å². The zero-order valence-electron chi connectivity index (χ0n) is 23.8. The van der Waals surface area contributed by atoms with Crippen LogP contribution in [0.4, 0.5) is 0 Å². The monoisotopic (exact) mass is 530 g/mol. The van der Waals surface area contributed by atoms with E-state index < -0.39 is 20.0 Å². The van der Waals surface area contributed by atoms with Gasteiger partial charge in [0.25, 0.3) is 0 Å². The van der Waals surface area contributed by atoms with Crippen LogP contribution in [0.15, 0.2) is 91.0 Å². The molecule has 0 saturated carbocycles. The molecule has 4 rings (SSSR count). The fourth-order valence-corrected chi connectivity index (χ4v) is 6.37. The van der Waals surface area contributed by atoms with Crippen molar-refractivity contribution in [1.82, 2.24) is 0 Å². The van der Waals surface area contributed by atoms with Crippen LogP contribution in [0.3, 0.4) is 0 Å². The van der Waals surface area contributed by atoms with E-state index in [1.54, 1.807) is 0 Å². The molecule has 4 atom stereocenters. The van der Waals surface area contributed by atoms with E-state index in [-0.39, 0.29) is 35.6 Å². The molecular weight excluding hydrogens is 488 g/mol. The summed E-state index contributed by atoms with van der Waals surface area (Å²) in [6, 6.07) is 30.8. The van der Waals surface area contributed by atoms with Crippen LogP contribution in [0.2, 0.25) is 18.1 Å². The third-order valence-electron chi connectivity index (χ3n) is 8.55. The van der Waals surface area contributed by atoms with E-state index in [9.17, 15) is 4.79 Å². The summed E-state index contributed by atoms with van der Waals surface area (Å²) in [5.41, 5.74) is 2.16. The molecule has 1 heterocycles. The van der Waals surface area contributed by atoms with Gasteiger partial charge < -0.3 is 13.9 Å². The summed E-state index contributed by atoms with van der Waals surface area (Å²) in [5, 5.41) is 0.0324. The molecule has 0 unspecified atom stereocenters. The first-order valence-electron chi connectivity index (χ1n) is 13.7. The molecule has 1 fully saturated rings. The minimum Gasteiger partial charge on any atom is -0.457 e. The van der Waals surface area contributed by atoms with E-state index in [2.05, 4.69) is 77.2 Å². The maximum absolute atomic E-state index is 12.9. The highest BCUT2D eigenvalue weighted by Crippen LogP contribution is 2.43. The number of ether oxygens (including phenoxy) is 2. The lowest BCUT2D eigenvalue weighted by atomic mass is 9.80. The molecular formula is C33H42O4Si. The molecule has 1 saturated heterocycles. The second kappa shape index (κ2) is 11.2. The molecule has 0 aliphatic carbocycles. The quantitative estimate of drug-likeness (QED) is 0.171. The van der Waals surface area contributed by atoms with Gasteiger partial charge in [-0.1, -0.05) is 126 Å². The second-order valence-electron chi connectivity index (χ2n) is 12.1. The molecule has 0 spiro atoms. The van der Waals surface area contributed by atoms with E-state index in [1.807, 2.05) is 61.5 Å². The van der Waals surface area contributed by atoms with Crippen LogP contribution in [-0.2, 0) is 24.3 Å². The van der Waals surface area contributed by atoms with E-state index in [4.69, 9.17) is 13.9 Å². The van der Waals surface area contributed by atoms with Gasteiger partial charge in [-0.05, 0) is 40.7 Å². The van der Waals surface area contributed by atoms with Crippen LogP contribution in [0, 0.1) is 11.8 Å². The zero-order valence-corrected chi connectivity index (χ0v) is 24.8. The molecule has 38 heavy (non-hydrogen) atoms. The Morgan fingerprint density at radius 1 is 0.763 bits per heavy atom. The largest absolute Gasteiger partial charge is 0.457 e. The van der Waals surface area contributed by atoms with Gasteiger partial charge in [-0.3, -0.25) is 4.79 Å². The lowest BCUT2D eigenvalue weighted by Gasteiger charge is -2.47. The van der Waals surface area contributed by atoms with Crippen LogP contribution in [0.5, 0.6) is 0 Å². The van der Waals surface area contributed by atoms with E-state index >= 15 is 0 Å². The van der Waals surface area contributed by atoms with Crippen LogP contribution in [-0.4, -0.2) is 33.1 Å². The SMILES string of the molecule is C[C@@H]1[C@@H](O[Si](C)(C)C(C)(C)C)[C@@H](COC(c2ccccc2)(c2ccccc2)c2ccccc2)OC(=O)[C@H]1C. The molecule has 202 valence electrons. The fraction of sp³-hybridized carbons (Fsp3) is 0.424. The minimum absolute atomic E-state index is 0.0125. The molecule has 1 aliphatic heterocycles. The van der Waals surface area contributed by atoms with Crippen molar-refractivity contribution in [2.24, 2.45) is 11.8 Å². The average molecular weight is 531 g/mol. The highest BCUT2D eigenvalue weighted by atomic mass is 28.4. The summed E-state index contributed by atoms with van der Waals surface area (Å²) in [5.74, 6) is -0.410. The molecule has 5 heteroatoms. The normalized spacial score (nSPS) is 22.7. The topological polar surface area (TPSA) is 44.8 Å². The Hall–Kier alpha value is -2.73. The molecule has 3 aromatic rings. The van der Waals surface area contributed by atoms with Gasteiger partial charge >= 0.3 is 5.97 Å². The molecule has 0 N–H and O–H groups in total. The highest BCUT2D eigenvalue weighted by Gasteiger charge is 2.49. The predicted octanol–water partition coefficient (Wildman–Crippen LogP) is 7.58. The number of hydrogen-bond acceptors (Lipinski definition) is 4. The number of hydrogen-bond donors (Lipinski definition) is 0. The molecule has 0 radical (unpaired) electrons. The van der Waals surface area contributed by atoms with E-state index in [0.29, 0.717) is 0 Å². The average Bonchev–Trinajstić information content (AvgIpc) is 2.91. The minimum atomic E-state index is -2.14. The molecule has 0 amide bonds. The summed E-state index contributed by atoms with van der Waals surface area (Å²) in [6.45, 7) is 15.5. The Morgan fingerprint density at radius 2 is 1.18 bits per heavy atom. The van der Waals surface area contributed by atoms with Gasteiger partial charge in [0.05, 0.1) is 18.6 Å². The van der Waals surface area contributed by atoms with Gasteiger partial charge in [0.1, 0.15) is 5.60 Å². The van der Waals surface area contributed by atoms with Crippen molar-refractivity contribution in [2.45, 2.75) is 70.6 Å². The molecule has 0 bridgehead atoms. The Bertz CT molecular complexity index is 1090. The lowest BCUT2D eigenvalue weighted by molar-refractivity contribution is -0.187. The lowest BCUT2D eigenvalue weighted by Crippen LogP contribution is -2.56. The fourth-order valence-electron chi connectivity index (χ4n) is 4.97. The Morgan fingerprint density at radius 3 is 1.58 bits per heavy atom. The van der Waals surface area contributed by atoms with Gasteiger partial charge in [-0.25, -0.2) is 0 Å². The molecule has 1 aliphatic rings. The highest BCUT2D eigenvalue weighted by molar-refractivity contribution is 6.74. The molecule has 0 aromatic heterocycles. The van der Waals surface area contributed by atoms with Gasteiger partial charge in [0.15, 0.2) is 14.4 Å². The molecule has 3 aromatic carbocycles. The van der Waals surface area contributed by atoms with Gasteiger partial charge in [-0.15, -0.1) is 0 Å².